The van der Waals surface area contributed by atoms with Gasteiger partial charge in [-0.3, -0.25) is 9.59 Å². The first-order chi connectivity index (χ1) is 16.9. The quantitative estimate of drug-likeness (QED) is 0.336. The second-order valence-corrected chi connectivity index (χ2v) is 8.43. The van der Waals surface area contributed by atoms with Crippen LogP contribution < -0.4 is 11.3 Å². The average Bonchev–Trinajstić information content (AvgIpc) is 3.24. The molecule has 0 aliphatic carbocycles. The van der Waals surface area contributed by atoms with Gasteiger partial charge in [0.1, 0.15) is 6.61 Å². The fraction of sp³-hybridized carbons (Fsp3) is 0.308. The minimum absolute atomic E-state index is 0.0356. The van der Waals surface area contributed by atoms with Crippen LogP contribution in [0.15, 0.2) is 35.1 Å². The summed E-state index contributed by atoms with van der Waals surface area (Å²) in [6, 6.07) is 9.27. The number of pyridine rings is 2. The maximum atomic E-state index is 13.2. The lowest BCUT2D eigenvalue weighted by atomic mass is 9.98. The fourth-order valence-electron chi connectivity index (χ4n) is 4.65. The number of fused-ring (bicyclic) bond motifs is 5. The smallest absolute Gasteiger partial charge is 0.340 e. The predicted molar refractivity (Wildman–Crippen MR) is 128 cm³/mol. The molecule has 1 atom stereocenters. The lowest BCUT2D eigenvalue weighted by Crippen LogP contribution is -2.36. The van der Waals surface area contributed by atoms with E-state index < -0.39 is 12.1 Å². The Kier molecular flexibility index (Phi) is 5.84. The summed E-state index contributed by atoms with van der Waals surface area (Å²) < 4.78 is 6.55. The van der Waals surface area contributed by atoms with Crippen molar-refractivity contribution >= 4 is 22.8 Å². The zero-order chi connectivity index (χ0) is 24.7. The van der Waals surface area contributed by atoms with Gasteiger partial charge in [0.15, 0.2) is 6.10 Å². The molecule has 1 aromatic carbocycles. The van der Waals surface area contributed by atoms with Crippen molar-refractivity contribution in [1.82, 2.24) is 14.5 Å². The molecule has 2 aliphatic rings. The first kappa shape index (κ1) is 22.8. The normalized spacial score (nSPS) is 15.5. The highest BCUT2D eigenvalue weighted by Crippen LogP contribution is 2.37. The highest BCUT2D eigenvalue weighted by Gasteiger charge is 2.34. The summed E-state index contributed by atoms with van der Waals surface area (Å²) in [6.07, 6.45) is -1.03. The minimum Gasteiger partial charge on any atom is -0.458 e. The number of cyclic esters (lactones) is 1. The molecule has 35 heavy (non-hydrogen) atoms. The van der Waals surface area contributed by atoms with Gasteiger partial charge in [0.25, 0.3) is 5.56 Å². The van der Waals surface area contributed by atoms with Crippen molar-refractivity contribution in [2.75, 3.05) is 19.6 Å². The topological polar surface area (TPSA) is 128 Å². The number of rotatable bonds is 4. The molecule has 9 heteroatoms. The molecule has 2 aromatic heterocycles. The third-order valence-corrected chi connectivity index (χ3v) is 6.49. The van der Waals surface area contributed by atoms with Crippen LogP contribution in [-0.4, -0.2) is 51.1 Å². The first-order valence-corrected chi connectivity index (χ1v) is 11.4. The number of ether oxygens (including phenoxy) is 1. The number of aliphatic hydroxyl groups is 1. The Morgan fingerprint density at radius 2 is 2.11 bits per heavy atom. The first-order valence-electron chi connectivity index (χ1n) is 11.4. The van der Waals surface area contributed by atoms with Gasteiger partial charge in [-0.15, -0.1) is 0 Å². The summed E-state index contributed by atoms with van der Waals surface area (Å²) in [5.41, 5.74) is 9.14. The molecule has 178 valence electrons. The number of hydrogen-bond acceptors (Lipinski definition) is 7. The van der Waals surface area contributed by atoms with Crippen molar-refractivity contribution < 1.29 is 19.4 Å². The number of nitrogens with two attached hydrogens (primary N) is 1. The van der Waals surface area contributed by atoms with Crippen LogP contribution in [0.3, 0.4) is 0 Å². The van der Waals surface area contributed by atoms with Gasteiger partial charge in [0, 0.05) is 41.6 Å². The van der Waals surface area contributed by atoms with E-state index in [0.717, 1.165) is 22.0 Å². The van der Waals surface area contributed by atoms with Gasteiger partial charge in [-0.2, -0.15) is 0 Å². The number of likely N-dealkylation sites (N-methyl/N-ethyl adjacent to an activating group) is 1. The number of esters is 1. The molecule has 5 rings (SSSR count). The largest absolute Gasteiger partial charge is 0.458 e. The van der Waals surface area contributed by atoms with E-state index in [1.165, 1.54) is 0 Å². The van der Waals surface area contributed by atoms with E-state index in [9.17, 15) is 19.5 Å². The van der Waals surface area contributed by atoms with Gasteiger partial charge in [-0.25, -0.2) is 9.78 Å². The molecular formula is C26H24N4O5. The Bertz CT molecular complexity index is 1500. The molecular weight excluding hydrogens is 448 g/mol. The van der Waals surface area contributed by atoms with Crippen LogP contribution in [0, 0.1) is 11.8 Å². The van der Waals surface area contributed by atoms with E-state index in [1.807, 2.05) is 31.2 Å². The number of carbonyl (C=O) groups excluding carboxylic acids is 2. The molecule has 0 saturated carbocycles. The predicted octanol–water partition coefficient (Wildman–Crippen LogP) is 1.06. The average molecular weight is 473 g/mol. The third-order valence-electron chi connectivity index (χ3n) is 6.49. The molecule has 1 amide bonds. The SMILES string of the molecule is CCN(CCC#Cc1c2c(nc3ccccc13)-c1cc3c(c(=O)n1C2)COC(=O)[C@H]3O)C(=O)CN. The molecule has 3 N–H and O–H groups in total. The van der Waals surface area contributed by atoms with Gasteiger partial charge < -0.3 is 25.0 Å². The Balaban J connectivity index is 1.60. The van der Waals surface area contributed by atoms with Gasteiger partial charge in [-0.05, 0) is 19.1 Å². The van der Waals surface area contributed by atoms with E-state index in [2.05, 4.69) is 11.8 Å². The summed E-state index contributed by atoms with van der Waals surface area (Å²) in [7, 11) is 0. The molecule has 0 radical (unpaired) electrons. The van der Waals surface area contributed by atoms with E-state index in [1.54, 1.807) is 15.5 Å². The Labute approximate surface area is 201 Å². The Morgan fingerprint density at radius 1 is 1.31 bits per heavy atom. The molecule has 2 aliphatic heterocycles. The lowest BCUT2D eigenvalue weighted by Gasteiger charge is -2.21. The molecule has 0 fully saturated rings. The van der Waals surface area contributed by atoms with Gasteiger partial charge in [-0.1, -0.05) is 30.0 Å². The van der Waals surface area contributed by atoms with Crippen molar-refractivity contribution in [2.24, 2.45) is 5.73 Å². The Hall–Kier alpha value is -4.00. The molecule has 0 unspecified atom stereocenters. The van der Waals surface area contributed by atoms with Crippen LogP contribution in [0.25, 0.3) is 22.3 Å². The molecule has 3 aromatic rings. The van der Waals surface area contributed by atoms with Crippen molar-refractivity contribution in [1.29, 1.82) is 0 Å². The summed E-state index contributed by atoms with van der Waals surface area (Å²) >= 11 is 0. The summed E-state index contributed by atoms with van der Waals surface area (Å²) in [5.74, 6) is 5.54. The van der Waals surface area contributed by atoms with E-state index in [-0.39, 0.29) is 42.3 Å². The molecule has 0 bridgehead atoms. The molecule has 0 saturated heterocycles. The van der Waals surface area contributed by atoms with Crippen LogP contribution in [0.4, 0.5) is 0 Å². The van der Waals surface area contributed by atoms with Crippen molar-refractivity contribution in [3.63, 3.8) is 0 Å². The second kappa shape index (κ2) is 8.98. The summed E-state index contributed by atoms with van der Waals surface area (Å²) in [4.78, 5) is 43.5. The van der Waals surface area contributed by atoms with Crippen molar-refractivity contribution in [2.45, 2.75) is 32.6 Å². The van der Waals surface area contributed by atoms with Crippen molar-refractivity contribution in [3.8, 4) is 23.2 Å². The number of para-hydroxylation sites is 1. The Morgan fingerprint density at radius 3 is 2.89 bits per heavy atom. The number of amides is 1. The zero-order valence-corrected chi connectivity index (χ0v) is 19.2. The standard InChI is InChI=1S/C26H24N4O5/c1-2-29(22(31)12-27)10-6-5-7-15-16-8-3-4-9-20(16)28-23-18(15)13-30-21(23)11-17-19(25(30)33)14-35-26(34)24(17)32/h3-4,8-9,11,24,32H,2,6,10,12-14,27H2,1H3/t24-/m0/s1. The highest BCUT2D eigenvalue weighted by molar-refractivity contribution is 5.91. The van der Waals surface area contributed by atoms with Gasteiger partial charge in [0.05, 0.1) is 35.6 Å². The maximum absolute atomic E-state index is 13.2. The van der Waals surface area contributed by atoms with E-state index in [4.69, 9.17) is 15.5 Å². The number of aliphatic hydroxyl groups excluding tert-OH is 1. The number of hydrogen-bond donors (Lipinski definition) is 2. The van der Waals surface area contributed by atoms with Gasteiger partial charge in [0.2, 0.25) is 5.91 Å². The second-order valence-electron chi connectivity index (χ2n) is 8.43. The van der Waals surface area contributed by atoms with Crippen molar-refractivity contribution in [3.05, 3.63) is 62.9 Å². The van der Waals surface area contributed by atoms with Crippen LogP contribution in [-0.2, 0) is 27.5 Å². The van der Waals surface area contributed by atoms with Crippen LogP contribution >= 0.6 is 0 Å². The number of benzene rings is 1. The number of nitrogens with zero attached hydrogens (tertiary/aromatic N) is 3. The number of aromatic nitrogens is 2. The van der Waals surface area contributed by atoms with Crippen LogP contribution in [0.5, 0.6) is 0 Å². The monoisotopic (exact) mass is 472 g/mol. The van der Waals surface area contributed by atoms with E-state index >= 15 is 0 Å². The van der Waals surface area contributed by atoms with Gasteiger partial charge >= 0.3 is 5.97 Å². The molecule has 9 nitrogen and oxygen atoms in total. The highest BCUT2D eigenvalue weighted by atomic mass is 16.5. The summed E-state index contributed by atoms with van der Waals surface area (Å²) in [6.45, 7) is 3.00. The van der Waals surface area contributed by atoms with E-state index in [0.29, 0.717) is 30.9 Å². The van der Waals surface area contributed by atoms with Crippen LogP contribution in [0.1, 0.15) is 41.7 Å². The molecule has 0 spiro atoms. The minimum atomic E-state index is -1.50. The molecule has 4 heterocycles. The third kappa shape index (κ3) is 3.77. The lowest BCUT2D eigenvalue weighted by molar-refractivity contribution is -0.157. The number of carbonyl (C=O) groups is 2. The summed E-state index contributed by atoms with van der Waals surface area (Å²) in [5, 5.41) is 11.2. The van der Waals surface area contributed by atoms with Crippen LogP contribution in [0.2, 0.25) is 0 Å². The maximum Gasteiger partial charge on any atom is 0.340 e. The zero-order valence-electron chi connectivity index (χ0n) is 19.2. The fourth-order valence-corrected chi connectivity index (χ4v) is 4.65.